The van der Waals surface area contributed by atoms with E-state index in [2.05, 4.69) is 21.6 Å². The largest absolute Gasteiger partial charge is 0.379 e. The molecule has 16 heavy (non-hydrogen) atoms. The topological polar surface area (TPSA) is 41.8 Å². The number of aromatic nitrogens is 2. The molecule has 0 atom stereocenters. The Morgan fingerprint density at radius 3 is 3.00 bits per heavy atom. The lowest BCUT2D eigenvalue weighted by Gasteiger charge is -2.27. The van der Waals surface area contributed by atoms with Crippen molar-refractivity contribution in [1.29, 1.82) is 0 Å². The summed E-state index contributed by atoms with van der Waals surface area (Å²) in [6, 6.07) is 6.04. The van der Waals surface area contributed by atoms with Gasteiger partial charge >= 0.3 is 0 Å². The van der Waals surface area contributed by atoms with Gasteiger partial charge in [0.1, 0.15) is 0 Å². The highest BCUT2D eigenvalue weighted by molar-refractivity contribution is 5.70. The first kappa shape index (κ1) is 9.62. The third kappa shape index (κ3) is 1.75. The van der Waals surface area contributed by atoms with Crippen molar-refractivity contribution in [3.8, 4) is 0 Å². The molecule has 1 N–H and O–H groups in total. The third-order valence-corrected chi connectivity index (χ3v) is 2.72. The van der Waals surface area contributed by atoms with Gasteiger partial charge in [0.05, 0.1) is 30.6 Å². The van der Waals surface area contributed by atoms with Crippen LogP contribution in [0.5, 0.6) is 0 Å². The molecule has 1 aliphatic rings. The molecular weight excluding hydrogens is 204 g/mol. The molecule has 0 spiro atoms. The first-order valence-corrected chi connectivity index (χ1v) is 5.45. The third-order valence-electron chi connectivity index (χ3n) is 2.72. The van der Waals surface area contributed by atoms with Gasteiger partial charge in [-0.05, 0) is 12.1 Å². The predicted octanol–water partition coefficient (Wildman–Crippen LogP) is 0.993. The highest BCUT2D eigenvalue weighted by atomic mass is 16.5. The summed E-state index contributed by atoms with van der Waals surface area (Å²) in [7, 11) is 0. The van der Waals surface area contributed by atoms with Crippen LogP contribution in [0, 0.1) is 0 Å². The average Bonchev–Trinajstić information content (AvgIpc) is 2.74. The normalized spacial score (nSPS) is 17.8. The van der Waals surface area contributed by atoms with E-state index in [4.69, 9.17) is 4.74 Å². The van der Waals surface area contributed by atoms with Crippen LogP contribution in [0.25, 0.3) is 5.52 Å². The van der Waals surface area contributed by atoms with Crippen LogP contribution in [0.4, 0.5) is 5.69 Å². The summed E-state index contributed by atoms with van der Waals surface area (Å²) in [4.78, 5) is 0. The summed E-state index contributed by atoms with van der Waals surface area (Å²) < 4.78 is 7.17. The Morgan fingerprint density at radius 2 is 2.12 bits per heavy atom. The molecule has 0 unspecified atom stereocenters. The fourth-order valence-electron chi connectivity index (χ4n) is 1.87. The van der Waals surface area contributed by atoms with Gasteiger partial charge in [0, 0.05) is 19.3 Å². The minimum absolute atomic E-state index is 0.784. The van der Waals surface area contributed by atoms with Crippen LogP contribution in [-0.2, 0) is 4.74 Å². The molecule has 84 valence electrons. The molecule has 0 amide bonds. The van der Waals surface area contributed by atoms with Crippen molar-refractivity contribution in [2.45, 2.75) is 0 Å². The molecule has 5 nitrogen and oxygen atoms in total. The predicted molar refractivity (Wildman–Crippen MR) is 61.2 cm³/mol. The van der Waals surface area contributed by atoms with Crippen molar-refractivity contribution in [2.24, 2.45) is 0 Å². The SMILES string of the molecule is c1ccn2ncc(NN3CCOCC3)c2c1. The van der Waals surface area contributed by atoms with Crippen LogP contribution in [0.1, 0.15) is 0 Å². The number of fused-ring (bicyclic) bond motifs is 1. The Hall–Kier alpha value is -1.59. The van der Waals surface area contributed by atoms with Crippen molar-refractivity contribution in [3.05, 3.63) is 30.6 Å². The summed E-state index contributed by atoms with van der Waals surface area (Å²) in [5.74, 6) is 0. The number of hydrogen-bond acceptors (Lipinski definition) is 4. The molecule has 0 bridgehead atoms. The molecule has 0 radical (unpaired) electrons. The molecule has 1 saturated heterocycles. The molecule has 3 rings (SSSR count). The van der Waals surface area contributed by atoms with Crippen LogP contribution >= 0.6 is 0 Å². The second kappa shape index (κ2) is 4.11. The number of pyridine rings is 1. The number of hydrazine groups is 1. The monoisotopic (exact) mass is 218 g/mol. The van der Waals surface area contributed by atoms with Crippen LogP contribution in [0.2, 0.25) is 0 Å². The fraction of sp³-hybridized carbons (Fsp3) is 0.364. The van der Waals surface area contributed by atoms with Crippen LogP contribution in [-0.4, -0.2) is 40.9 Å². The van der Waals surface area contributed by atoms with E-state index in [1.165, 1.54) is 0 Å². The second-order valence-electron chi connectivity index (χ2n) is 3.80. The Morgan fingerprint density at radius 1 is 1.25 bits per heavy atom. The molecule has 2 aromatic rings. The van der Waals surface area contributed by atoms with Gasteiger partial charge in [-0.3, -0.25) is 0 Å². The number of morpholine rings is 1. The van der Waals surface area contributed by atoms with Gasteiger partial charge in [-0.15, -0.1) is 0 Å². The highest BCUT2D eigenvalue weighted by Crippen LogP contribution is 2.16. The van der Waals surface area contributed by atoms with E-state index in [-0.39, 0.29) is 0 Å². The van der Waals surface area contributed by atoms with Crippen molar-refractivity contribution in [3.63, 3.8) is 0 Å². The van der Waals surface area contributed by atoms with E-state index >= 15 is 0 Å². The minimum Gasteiger partial charge on any atom is -0.379 e. The molecule has 0 saturated carbocycles. The van der Waals surface area contributed by atoms with E-state index in [1.807, 2.05) is 29.0 Å². The maximum absolute atomic E-state index is 5.30. The van der Waals surface area contributed by atoms with E-state index in [1.54, 1.807) is 0 Å². The summed E-state index contributed by atoms with van der Waals surface area (Å²) in [5.41, 5.74) is 5.51. The van der Waals surface area contributed by atoms with Crippen LogP contribution in [0.3, 0.4) is 0 Å². The first-order chi connectivity index (χ1) is 7.93. The van der Waals surface area contributed by atoms with E-state index < -0.39 is 0 Å². The van der Waals surface area contributed by atoms with Gasteiger partial charge < -0.3 is 10.2 Å². The number of nitrogens with one attached hydrogen (secondary N) is 1. The molecule has 1 fully saturated rings. The lowest BCUT2D eigenvalue weighted by molar-refractivity contribution is 0.0497. The fourth-order valence-corrected chi connectivity index (χ4v) is 1.87. The summed E-state index contributed by atoms with van der Waals surface area (Å²) >= 11 is 0. The van der Waals surface area contributed by atoms with Gasteiger partial charge in [0.25, 0.3) is 0 Å². The standard InChI is InChI=1S/C11H14N4O/c1-2-4-15-11(3-1)10(9-12-15)13-14-5-7-16-8-6-14/h1-4,9,13H,5-8H2. The first-order valence-electron chi connectivity index (χ1n) is 5.45. The van der Waals surface area contributed by atoms with Gasteiger partial charge in [0.2, 0.25) is 0 Å². The lowest BCUT2D eigenvalue weighted by Crippen LogP contribution is -2.40. The number of rotatable bonds is 2. The van der Waals surface area contributed by atoms with Crippen LogP contribution in [0.15, 0.2) is 30.6 Å². The van der Waals surface area contributed by atoms with Gasteiger partial charge in [-0.1, -0.05) is 6.07 Å². The smallest absolute Gasteiger partial charge is 0.0952 e. The molecule has 1 aliphatic heterocycles. The zero-order valence-electron chi connectivity index (χ0n) is 8.97. The second-order valence-corrected chi connectivity index (χ2v) is 3.80. The zero-order valence-corrected chi connectivity index (χ0v) is 8.97. The number of ether oxygens (including phenoxy) is 1. The van der Waals surface area contributed by atoms with Gasteiger partial charge in [0.15, 0.2) is 0 Å². The Kier molecular flexibility index (Phi) is 2.47. The Balaban J connectivity index is 1.83. The molecule has 3 heterocycles. The number of anilines is 1. The van der Waals surface area contributed by atoms with E-state index in [9.17, 15) is 0 Å². The maximum atomic E-state index is 5.30. The molecular formula is C11H14N4O. The molecule has 2 aromatic heterocycles. The van der Waals surface area contributed by atoms with Gasteiger partial charge in [-0.2, -0.15) is 5.10 Å². The highest BCUT2D eigenvalue weighted by Gasteiger charge is 2.11. The van der Waals surface area contributed by atoms with Crippen molar-refractivity contribution in [2.75, 3.05) is 31.7 Å². The molecule has 5 heteroatoms. The Bertz CT molecular complexity index is 476. The van der Waals surface area contributed by atoms with Crippen molar-refractivity contribution >= 4 is 11.2 Å². The summed E-state index contributed by atoms with van der Waals surface area (Å²) in [6.45, 7) is 3.38. The zero-order chi connectivity index (χ0) is 10.8. The maximum Gasteiger partial charge on any atom is 0.0952 e. The number of nitrogens with zero attached hydrogens (tertiary/aromatic N) is 3. The minimum atomic E-state index is 0.784. The summed E-state index contributed by atoms with van der Waals surface area (Å²) in [5, 5.41) is 6.44. The summed E-state index contributed by atoms with van der Waals surface area (Å²) in [6.07, 6.45) is 3.80. The number of hydrogen-bond donors (Lipinski definition) is 1. The van der Waals surface area contributed by atoms with Crippen LogP contribution < -0.4 is 5.43 Å². The van der Waals surface area contributed by atoms with E-state index in [0.29, 0.717) is 0 Å². The quantitative estimate of drug-likeness (QED) is 0.816. The Labute approximate surface area is 93.6 Å². The lowest BCUT2D eigenvalue weighted by atomic mass is 10.4. The average molecular weight is 218 g/mol. The van der Waals surface area contributed by atoms with Crippen molar-refractivity contribution < 1.29 is 4.74 Å². The molecule has 0 aliphatic carbocycles. The van der Waals surface area contributed by atoms with Crippen molar-refractivity contribution in [1.82, 2.24) is 14.6 Å². The van der Waals surface area contributed by atoms with Gasteiger partial charge in [-0.25, -0.2) is 9.52 Å². The van der Waals surface area contributed by atoms with E-state index in [0.717, 1.165) is 37.5 Å². The molecule has 0 aromatic carbocycles.